The number of benzene rings is 1. The van der Waals surface area contributed by atoms with Crippen molar-refractivity contribution in [1.29, 1.82) is 0 Å². The Bertz CT molecular complexity index is 619. The monoisotopic (exact) mass is 370 g/mol. The van der Waals surface area contributed by atoms with E-state index in [9.17, 15) is 8.42 Å². The Hall–Kier alpha value is -0.530. The van der Waals surface area contributed by atoms with E-state index in [1.54, 1.807) is 20.0 Å². The lowest BCUT2D eigenvalue weighted by Gasteiger charge is -2.29. The van der Waals surface area contributed by atoms with E-state index in [4.69, 9.17) is 22.1 Å². The van der Waals surface area contributed by atoms with Gasteiger partial charge in [-0.05, 0) is 36.6 Å². The van der Waals surface area contributed by atoms with E-state index in [1.807, 2.05) is 13.8 Å². The third-order valence-electron chi connectivity index (χ3n) is 3.34. The number of hydrogen-bond donors (Lipinski definition) is 1. The number of sulfonamides is 1. The van der Waals surface area contributed by atoms with E-state index < -0.39 is 10.0 Å². The predicted octanol–water partition coefficient (Wildman–Crippen LogP) is 2.68. The van der Waals surface area contributed by atoms with Crippen LogP contribution in [0, 0.1) is 12.3 Å². The molecule has 0 aliphatic rings. The van der Waals surface area contributed by atoms with E-state index in [2.05, 4.69) is 0 Å². The van der Waals surface area contributed by atoms with E-state index >= 15 is 0 Å². The Kier molecular flexibility index (Phi) is 7.65. The number of ether oxygens (including phenoxy) is 1. The van der Waals surface area contributed by atoms with Gasteiger partial charge in [0.15, 0.2) is 0 Å². The van der Waals surface area contributed by atoms with Crippen LogP contribution in [0.2, 0.25) is 5.02 Å². The Morgan fingerprint density at radius 3 is 2.36 bits per heavy atom. The number of halogens is 2. The molecule has 1 aromatic rings. The molecular weight excluding hydrogens is 347 g/mol. The Morgan fingerprint density at radius 1 is 1.36 bits per heavy atom. The fourth-order valence-corrected chi connectivity index (χ4v) is 3.88. The van der Waals surface area contributed by atoms with Crippen LogP contribution >= 0.6 is 24.0 Å². The largest absolute Gasteiger partial charge is 0.495 e. The number of hydrogen-bond acceptors (Lipinski definition) is 4. The molecule has 0 fully saturated rings. The summed E-state index contributed by atoms with van der Waals surface area (Å²) in [6.07, 6.45) is 0. The van der Waals surface area contributed by atoms with Gasteiger partial charge >= 0.3 is 0 Å². The maximum atomic E-state index is 12.7. The van der Waals surface area contributed by atoms with Crippen LogP contribution in [-0.2, 0) is 10.0 Å². The molecular formula is C14H24Cl2N2O3S. The van der Waals surface area contributed by atoms with Crippen molar-refractivity contribution < 1.29 is 13.2 Å². The van der Waals surface area contributed by atoms with E-state index in [-0.39, 0.29) is 27.7 Å². The van der Waals surface area contributed by atoms with Crippen LogP contribution in [0.1, 0.15) is 19.4 Å². The zero-order valence-corrected chi connectivity index (χ0v) is 15.9. The van der Waals surface area contributed by atoms with Crippen LogP contribution < -0.4 is 10.5 Å². The zero-order valence-electron chi connectivity index (χ0n) is 13.5. The summed E-state index contributed by atoms with van der Waals surface area (Å²) >= 11 is 6.04. The summed E-state index contributed by atoms with van der Waals surface area (Å²) in [6, 6.07) is 3.05. The Labute approximate surface area is 144 Å². The number of nitrogens with zero attached hydrogens (tertiary/aromatic N) is 1. The van der Waals surface area contributed by atoms with Crippen molar-refractivity contribution in [2.75, 3.05) is 27.2 Å². The molecule has 0 bridgehead atoms. The van der Waals surface area contributed by atoms with Gasteiger partial charge in [-0.25, -0.2) is 12.7 Å². The van der Waals surface area contributed by atoms with Crippen LogP contribution in [0.4, 0.5) is 0 Å². The fraction of sp³-hybridized carbons (Fsp3) is 0.571. The topological polar surface area (TPSA) is 72.6 Å². The molecule has 0 saturated heterocycles. The van der Waals surface area contributed by atoms with Gasteiger partial charge in [-0.3, -0.25) is 0 Å². The lowest BCUT2D eigenvalue weighted by molar-refractivity contribution is 0.292. The molecule has 0 saturated carbocycles. The average Bonchev–Trinajstić information content (AvgIpc) is 2.40. The van der Waals surface area contributed by atoms with Gasteiger partial charge in [0.2, 0.25) is 10.0 Å². The van der Waals surface area contributed by atoms with Crippen LogP contribution in [0.25, 0.3) is 0 Å². The van der Waals surface area contributed by atoms with Crippen molar-refractivity contribution in [3.63, 3.8) is 0 Å². The van der Waals surface area contributed by atoms with Gasteiger partial charge in [0.05, 0.1) is 17.0 Å². The minimum Gasteiger partial charge on any atom is -0.495 e. The van der Waals surface area contributed by atoms with E-state index in [0.717, 1.165) is 0 Å². The summed E-state index contributed by atoms with van der Waals surface area (Å²) in [4.78, 5) is 0.184. The van der Waals surface area contributed by atoms with Crippen LogP contribution in [0.15, 0.2) is 17.0 Å². The maximum absolute atomic E-state index is 12.7. The van der Waals surface area contributed by atoms with Gasteiger partial charge in [0.25, 0.3) is 0 Å². The highest BCUT2D eigenvalue weighted by atomic mass is 35.5. The van der Waals surface area contributed by atoms with E-state index in [0.29, 0.717) is 24.4 Å². The molecule has 0 radical (unpaired) electrons. The Balaban J connectivity index is 0.00000441. The number of aryl methyl sites for hydroxylation is 1. The van der Waals surface area contributed by atoms with Crippen molar-refractivity contribution in [2.45, 2.75) is 25.7 Å². The number of rotatable bonds is 6. The predicted molar refractivity (Wildman–Crippen MR) is 92.6 cm³/mol. The molecule has 128 valence electrons. The van der Waals surface area contributed by atoms with Gasteiger partial charge < -0.3 is 10.5 Å². The van der Waals surface area contributed by atoms with Crippen LogP contribution in [-0.4, -0.2) is 40.0 Å². The highest BCUT2D eigenvalue weighted by Crippen LogP contribution is 2.32. The van der Waals surface area contributed by atoms with Gasteiger partial charge in [0.1, 0.15) is 5.75 Å². The smallest absolute Gasteiger partial charge is 0.243 e. The normalized spacial score (nSPS) is 12.2. The molecule has 0 amide bonds. The molecule has 0 aromatic heterocycles. The minimum atomic E-state index is -3.62. The second-order valence-electron chi connectivity index (χ2n) is 5.88. The minimum absolute atomic E-state index is 0. The van der Waals surface area contributed by atoms with Crippen molar-refractivity contribution >= 4 is 34.0 Å². The highest BCUT2D eigenvalue weighted by molar-refractivity contribution is 7.89. The first-order valence-electron chi connectivity index (χ1n) is 6.55. The molecule has 0 heterocycles. The molecule has 0 spiro atoms. The summed E-state index contributed by atoms with van der Waals surface area (Å²) in [7, 11) is -0.586. The molecule has 22 heavy (non-hydrogen) atoms. The standard InChI is InChI=1S/C14H23ClN2O3S.ClH/c1-10-6-12(20-5)11(15)7-13(10)21(18,19)17(4)9-14(2,3)8-16;/h6-7H,8-9,16H2,1-5H3;1H. The SMILES string of the molecule is COc1cc(C)c(S(=O)(=O)N(C)CC(C)(C)CN)cc1Cl.Cl. The van der Waals surface area contributed by atoms with Gasteiger partial charge in [-0.2, -0.15) is 0 Å². The van der Waals surface area contributed by atoms with Crippen LogP contribution in [0.5, 0.6) is 5.75 Å². The first-order chi connectivity index (χ1) is 9.55. The highest BCUT2D eigenvalue weighted by Gasteiger charge is 2.29. The lowest BCUT2D eigenvalue weighted by atomic mass is 9.94. The second-order valence-corrected chi connectivity index (χ2v) is 8.30. The zero-order chi connectivity index (χ0) is 16.4. The number of methoxy groups -OCH3 is 1. The molecule has 0 unspecified atom stereocenters. The first kappa shape index (κ1) is 21.5. The third-order valence-corrected chi connectivity index (χ3v) is 5.58. The first-order valence-corrected chi connectivity index (χ1v) is 8.37. The maximum Gasteiger partial charge on any atom is 0.243 e. The quantitative estimate of drug-likeness (QED) is 0.835. The van der Waals surface area contributed by atoms with Crippen molar-refractivity contribution in [3.05, 3.63) is 22.7 Å². The molecule has 1 aromatic carbocycles. The molecule has 2 N–H and O–H groups in total. The molecule has 5 nitrogen and oxygen atoms in total. The summed E-state index contributed by atoms with van der Waals surface area (Å²) < 4.78 is 31.8. The lowest BCUT2D eigenvalue weighted by Crippen LogP contribution is -2.39. The van der Waals surface area contributed by atoms with Gasteiger partial charge in [0, 0.05) is 13.6 Å². The summed E-state index contributed by atoms with van der Waals surface area (Å²) in [5.41, 5.74) is 5.96. The molecule has 1 rings (SSSR count). The van der Waals surface area contributed by atoms with Gasteiger partial charge in [-0.1, -0.05) is 25.4 Å². The number of nitrogens with two attached hydrogens (primary N) is 1. The third kappa shape index (κ3) is 4.73. The Morgan fingerprint density at radius 2 is 1.91 bits per heavy atom. The van der Waals surface area contributed by atoms with Crippen molar-refractivity contribution in [2.24, 2.45) is 11.1 Å². The van der Waals surface area contributed by atoms with E-state index in [1.165, 1.54) is 17.5 Å². The van der Waals surface area contributed by atoms with Gasteiger partial charge in [-0.15, -0.1) is 12.4 Å². The molecule has 0 atom stereocenters. The average molecular weight is 371 g/mol. The van der Waals surface area contributed by atoms with Crippen LogP contribution in [0.3, 0.4) is 0 Å². The summed E-state index contributed by atoms with van der Waals surface area (Å²) in [5, 5.41) is 0.271. The fourth-order valence-electron chi connectivity index (χ4n) is 1.99. The van der Waals surface area contributed by atoms with Crippen molar-refractivity contribution in [3.8, 4) is 5.75 Å². The second kappa shape index (κ2) is 7.84. The summed E-state index contributed by atoms with van der Waals surface area (Å²) in [6.45, 7) is 6.29. The molecule has 8 heteroatoms. The molecule has 0 aliphatic heterocycles. The van der Waals surface area contributed by atoms with Crippen molar-refractivity contribution in [1.82, 2.24) is 4.31 Å². The molecule has 0 aliphatic carbocycles. The summed E-state index contributed by atoms with van der Waals surface area (Å²) in [5.74, 6) is 0.457.